The Morgan fingerprint density at radius 1 is 0.151 bits per heavy atom. The molecule has 0 saturated carbocycles. The average Bonchev–Trinajstić information content (AvgIpc) is 1.54. The zero-order valence-corrected chi connectivity index (χ0v) is 69.1. The van der Waals surface area contributed by atoms with Crippen LogP contribution in [0.4, 0.5) is 34.1 Å². The van der Waals surface area contributed by atoms with Crippen LogP contribution in [0.3, 0.4) is 0 Å². The molecule has 0 unspecified atom stereocenters. The van der Waals surface area contributed by atoms with Gasteiger partial charge in [-0.05, 0) is 237 Å². The maximum absolute atomic E-state index is 7.02. The second kappa shape index (κ2) is 31.6. The van der Waals surface area contributed by atoms with Gasteiger partial charge in [0.25, 0.3) is 0 Å². The van der Waals surface area contributed by atoms with Crippen LogP contribution in [0, 0.1) is 0 Å². The van der Waals surface area contributed by atoms with E-state index in [-0.39, 0.29) is 0 Å². The Balaban J connectivity index is 0.000000145. The standard InChI is InChI=1S/2C61H41NO/c1-4-17-42(18-5-1)43-33-36-50(37-34-43)62(49-24-8-3-9-25-49)51-26-15-20-45(40-51)44-19-14-21-46(39-44)52-29-16-30-56-55-38-35-48(41-59(55)63-60(52)56)61(47-22-6-2-7-23-47)57-31-12-10-27-53(57)54-28-11-13-32-58(54)61;1-4-16-42(17-5-1)43-30-34-51(35-31-43)62(50-23-8-3-9-24-50)52-25-15-20-46(39-52)44-18-14-19-45(38-44)47-32-37-59-56(40-47)55-36-33-49(41-60(55)63-59)61(48-21-6-2-7-22-48)57-28-12-10-26-53(57)54-27-11-13-29-58(54)61/h2*1-41H. The van der Waals surface area contributed by atoms with Crippen molar-refractivity contribution in [3.8, 4) is 89.0 Å². The molecule has 2 aromatic heterocycles. The van der Waals surface area contributed by atoms with Gasteiger partial charge in [-0.25, -0.2) is 0 Å². The SMILES string of the molecule is c1ccc(-c2ccc(N(c3ccccc3)c3cccc(-c4cccc(-c5ccc6oc7cc(C8(c9ccccc9)c9ccccc9-c9ccccc98)ccc7c6c5)c4)c3)cc2)cc1.c1ccc(-c2ccc(N(c3ccccc3)c3cccc(-c4cccc(-c5cccc6c5oc5cc(C7(c8ccccc8)c8ccccc8-c8ccccc87)ccc56)c4)c3)cc2)cc1. The van der Waals surface area contributed by atoms with E-state index < -0.39 is 10.8 Å². The van der Waals surface area contributed by atoms with Crippen molar-refractivity contribution < 1.29 is 8.83 Å². The molecule has 126 heavy (non-hydrogen) atoms. The first-order valence-corrected chi connectivity index (χ1v) is 43.3. The summed E-state index contributed by atoms with van der Waals surface area (Å²) in [4.78, 5) is 4.66. The van der Waals surface area contributed by atoms with Crippen LogP contribution in [-0.4, -0.2) is 0 Å². The van der Waals surface area contributed by atoms with Gasteiger partial charge >= 0.3 is 0 Å². The summed E-state index contributed by atoms with van der Waals surface area (Å²) in [5, 5.41) is 4.44. The highest BCUT2D eigenvalue weighted by atomic mass is 16.3. The third-order valence-corrected chi connectivity index (χ3v) is 25.9. The first kappa shape index (κ1) is 74.6. The largest absolute Gasteiger partial charge is 0.456 e. The predicted molar refractivity (Wildman–Crippen MR) is 524 cm³/mol. The summed E-state index contributed by atoms with van der Waals surface area (Å²) < 4.78 is 13.7. The topological polar surface area (TPSA) is 32.8 Å². The summed E-state index contributed by atoms with van der Waals surface area (Å²) in [6, 6.07) is 180. The van der Waals surface area contributed by atoms with Crippen molar-refractivity contribution >= 4 is 78.0 Å². The molecular weight excluding hydrogens is 1530 g/mol. The van der Waals surface area contributed by atoms with Crippen molar-refractivity contribution in [2.45, 2.75) is 10.8 Å². The van der Waals surface area contributed by atoms with Gasteiger partial charge in [-0.3, -0.25) is 0 Å². The second-order valence-electron chi connectivity index (χ2n) is 32.9. The van der Waals surface area contributed by atoms with Gasteiger partial charge in [0.15, 0.2) is 0 Å². The maximum Gasteiger partial charge on any atom is 0.143 e. The quantitative estimate of drug-likeness (QED) is 0.0965. The Bertz CT molecular complexity index is 7710. The van der Waals surface area contributed by atoms with Crippen molar-refractivity contribution in [3.05, 3.63) is 542 Å². The van der Waals surface area contributed by atoms with Gasteiger partial charge in [0.05, 0.1) is 10.8 Å². The number of anilines is 6. The van der Waals surface area contributed by atoms with E-state index in [1.54, 1.807) is 0 Å². The molecule has 0 radical (unpaired) electrons. The van der Waals surface area contributed by atoms with Crippen LogP contribution in [0.25, 0.3) is 133 Å². The third kappa shape index (κ3) is 12.8. The molecule has 0 N–H and O–H groups in total. The van der Waals surface area contributed by atoms with Crippen LogP contribution in [0.15, 0.2) is 506 Å². The van der Waals surface area contributed by atoms with Gasteiger partial charge in [0, 0.05) is 61.2 Å². The first-order chi connectivity index (χ1) is 62.5. The van der Waals surface area contributed by atoms with Gasteiger partial charge in [-0.2, -0.15) is 0 Å². The molecule has 0 fully saturated rings. The molecule has 0 atom stereocenters. The lowest BCUT2D eigenvalue weighted by Crippen LogP contribution is -2.28. The fourth-order valence-electron chi connectivity index (χ4n) is 20.2. The molecule has 592 valence electrons. The van der Waals surface area contributed by atoms with E-state index in [1.807, 2.05) is 0 Å². The molecule has 4 nitrogen and oxygen atoms in total. The van der Waals surface area contributed by atoms with E-state index in [9.17, 15) is 0 Å². The van der Waals surface area contributed by atoms with Gasteiger partial charge < -0.3 is 18.6 Å². The summed E-state index contributed by atoms with van der Waals surface area (Å²) in [6.45, 7) is 0. The number of benzene rings is 20. The summed E-state index contributed by atoms with van der Waals surface area (Å²) in [6.07, 6.45) is 0. The number of hydrogen-bond donors (Lipinski definition) is 0. The van der Waals surface area contributed by atoms with E-state index in [0.717, 1.165) is 123 Å². The molecular formula is C122H82N2O2. The Labute approximate surface area is 733 Å². The van der Waals surface area contributed by atoms with Crippen molar-refractivity contribution in [1.82, 2.24) is 0 Å². The molecule has 0 saturated heterocycles. The van der Waals surface area contributed by atoms with E-state index in [2.05, 4.69) is 507 Å². The monoisotopic (exact) mass is 1610 g/mol. The van der Waals surface area contributed by atoms with Crippen molar-refractivity contribution in [2.75, 3.05) is 9.80 Å². The average molecular weight is 1610 g/mol. The van der Waals surface area contributed by atoms with Crippen molar-refractivity contribution in [1.29, 1.82) is 0 Å². The molecule has 4 heteroatoms. The highest BCUT2D eigenvalue weighted by molar-refractivity contribution is 6.11. The lowest BCUT2D eigenvalue weighted by molar-refractivity contribution is 0.665. The summed E-state index contributed by atoms with van der Waals surface area (Å²) >= 11 is 0. The smallest absolute Gasteiger partial charge is 0.143 e. The highest BCUT2D eigenvalue weighted by Crippen LogP contribution is 2.59. The Hall–Kier alpha value is -16.4. The van der Waals surface area contributed by atoms with Gasteiger partial charge in [0.1, 0.15) is 22.3 Å². The molecule has 20 aromatic carbocycles. The molecule has 0 amide bonds. The second-order valence-corrected chi connectivity index (χ2v) is 32.9. The number of nitrogens with zero attached hydrogens (tertiary/aromatic N) is 2. The number of fused-ring (bicyclic) bond motifs is 12. The fraction of sp³-hybridized carbons (Fsp3) is 0.0164. The van der Waals surface area contributed by atoms with Crippen LogP contribution in [0.5, 0.6) is 0 Å². The first-order valence-electron chi connectivity index (χ1n) is 43.3. The lowest BCUT2D eigenvalue weighted by Gasteiger charge is -2.33. The van der Waals surface area contributed by atoms with Crippen LogP contribution in [0.1, 0.15) is 44.5 Å². The van der Waals surface area contributed by atoms with E-state index in [0.29, 0.717) is 0 Å². The minimum atomic E-state index is -0.491. The zero-order valence-electron chi connectivity index (χ0n) is 69.1. The summed E-state index contributed by atoms with van der Waals surface area (Å²) in [5.74, 6) is 0. The molecule has 2 heterocycles. The highest BCUT2D eigenvalue weighted by Gasteiger charge is 2.48. The van der Waals surface area contributed by atoms with E-state index in [1.165, 1.54) is 89.0 Å². The minimum absolute atomic E-state index is 0.477. The molecule has 2 aliphatic carbocycles. The maximum atomic E-state index is 7.02. The normalized spacial score (nSPS) is 12.6. The minimum Gasteiger partial charge on any atom is -0.456 e. The molecule has 24 rings (SSSR count). The Kier molecular flexibility index (Phi) is 18.7. The molecule has 22 aromatic rings. The molecule has 0 bridgehead atoms. The van der Waals surface area contributed by atoms with Gasteiger partial charge in [-0.1, -0.05) is 388 Å². The van der Waals surface area contributed by atoms with Gasteiger partial charge in [-0.15, -0.1) is 0 Å². The van der Waals surface area contributed by atoms with Crippen molar-refractivity contribution in [3.63, 3.8) is 0 Å². The lowest BCUT2D eigenvalue weighted by atomic mass is 9.67. The number of hydrogen-bond acceptors (Lipinski definition) is 4. The summed E-state index contributed by atoms with van der Waals surface area (Å²) in [5.41, 5.74) is 38.2. The predicted octanol–water partition coefficient (Wildman–Crippen LogP) is 32.8. The van der Waals surface area contributed by atoms with Crippen LogP contribution >= 0.6 is 0 Å². The van der Waals surface area contributed by atoms with Crippen molar-refractivity contribution in [2.24, 2.45) is 0 Å². The molecule has 0 aliphatic heterocycles. The summed E-state index contributed by atoms with van der Waals surface area (Å²) in [7, 11) is 0. The van der Waals surface area contributed by atoms with Gasteiger partial charge in [0.2, 0.25) is 0 Å². The zero-order chi connectivity index (χ0) is 83.5. The van der Waals surface area contributed by atoms with E-state index in [4.69, 9.17) is 8.83 Å². The number of rotatable bonds is 16. The number of para-hydroxylation sites is 3. The van der Waals surface area contributed by atoms with E-state index >= 15 is 0 Å². The van der Waals surface area contributed by atoms with Crippen LogP contribution < -0.4 is 9.80 Å². The van der Waals surface area contributed by atoms with Crippen LogP contribution in [-0.2, 0) is 10.8 Å². The third-order valence-electron chi connectivity index (χ3n) is 25.9. The molecule has 2 aliphatic rings. The van der Waals surface area contributed by atoms with Crippen LogP contribution in [0.2, 0.25) is 0 Å². The Morgan fingerprint density at radius 2 is 0.452 bits per heavy atom. The fourth-order valence-corrected chi connectivity index (χ4v) is 20.2. The Morgan fingerprint density at radius 3 is 0.897 bits per heavy atom. The molecule has 0 spiro atoms. The number of furan rings is 2.